The molecule has 0 radical (unpaired) electrons. The minimum absolute atomic E-state index is 0.0539. The summed E-state index contributed by atoms with van der Waals surface area (Å²) in [5, 5.41) is 21.6. The lowest BCUT2D eigenvalue weighted by Crippen LogP contribution is -1.96. The molecule has 134 valence electrons. The van der Waals surface area contributed by atoms with Gasteiger partial charge in [0.05, 0.1) is 9.85 Å². The van der Waals surface area contributed by atoms with E-state index in [-0.39, 0.29) is 16.9 Å². The largest absolute Gasteiger partial charge is 0.457 e. The number of ketones is 1. The molecule has 0 bridgehead atoms. The van der Waals surface area contributed by atoms with E-state index < -0.39 is 15.6 Å². The van der Waals surface area contributed by atoms with Gasteiger partial charge >= 0.3 is 0 Å². The smallest absolute Gasteiger partial charge is 0.270 e. The van der Waals surface area contributed by atoms with E-state index in [1.54, 1.807) is 24.3 Å². The number of benzene rings is 2. The van der Waals surface area contributed by atoms with Gasteiger partial charge in [0.15, 0.2) is 5.78 Å². The van der Waals surface area contributed by atoms with Crippen LogP contribution in [-0.2, 0) is 0 Å². The van der Waals surface area contributed by atoms with Gasteiger partial charge in [0.2, 0.25) is 0 Å². The molecule has 2 aromatic carbocycles. The van der Waals surface area contributed by atoms with E-state index in [1.807, 2.05) is 0 Å². The summed E-state index contributed by atoms with van der Waals surface area (Å²) >= 11 is 0. The van der Waals surface area contributed by atoms with Crippen LogP contribution >= 0.6 is 0 Å². The zero-order valence-corrected chi connectivity index (χ0v) is 13.8. The molecule has 0 saturated carbocycles. The van der Waals surface area contributed by atoms with Crippen molar-refractivity contribution in [3.8, 4) is 11.3 Å². The molecule has 1 heterocycles. The standard InChI is InChI=1S/C19H12N2O6/c22-18(13-3-1-5-15(11-13)20(23)24)9-7-17-8-10-19(27-17)14-4-2-6-16(12-14)21(25)26/h1-12H/b9-7+. The van der Waals surface area contributed by atoms with E-state index in [9.17, 15) is 25.0 Å². The van der Waals surface area contributed by atoms with Crippen LogP contribution in [0.3, 0.4) is 0 Å². The fourth-order valence-corrected chi connectivity index (χ4v) is 2.40. The quantitative estimate of drug-likeness (QED) is 0.272. The second-order valence-electron chi connectivity index (χ2n) is 5.51. The van der Waals surface area contributed by atoms with Gasteiger partial charge in [-0.1, -0.05) is 24.3 Å². The van der Waals surface area contributed by atoms with Crippen LogP contribution in [-0.4, -0.2) is 15.6 Å². The van der Waals surface area contributed by atoms with Crippen molar-refractivity contribution in [2.75, 3.05) is 0 Å². The van der Waals surface area contributed by atoms with Crippen molar-refractivity contribution in [1.82, 2.24) is 0 Å². The minimum atomic E-state index is -0.571. The van der Waals surface area contributed by atoms with Gasteiger partial charge in [0.25, 0.3) is 11.4 Å². The molecule has 3 rings (SSSR count). The van der Waals surface area contributed by atoms with Crippen molar-refractivity contribution in [2.45, 2.75) is 0 Å². The van der Waals surface area contributed by atoms with E-state index in [4.69, 9.17) is 4.42 Å². The lowest BCUT2D eigenvalue weighted by atomic mass is 10.1. The molecule has 0 unspecified atom stereocenters. The lowest BCUT2D eigenvalue weighted by Gasteiger charge is -1.97. The molecule has 0 N–H and O–H groups in total. The zero-order valence-electron chi connectivity index (χ0n) is 13.8. The Hall–Kier alpha value is -4.07. The van der Waals surface area contributed by atoms with Crippen LogP contribution in [0.1, 0.15) is 16.1 Å². The topological polar surface area (TPSA) is 116 Å². The highest BCUT2D eigenvalue weighted by Gasteiger charge is 2.11. The first-order chi connectivity index (χ1) is 12.9. The van der Waals surface area contributed by atoms with Crippen LogP contribution in [0.15, 0.2) is 71.2 Å². The highest BCUT2D eigenvalue weighted by molar-refractivity contribution is 6.07. The zero-order chi connectivity index (χ0) is 19.4. The first-order valence-corrected chi connectivity index (χ1v) is 7.75. The van der Waals surface area contributed by atoms with Gasteiger partial charge in [0, 0.05) is 35.4 Å². The van der Waals surface area contributed by atoms with Crippen molar-refractivity contribution in [3.63, 3.8) is 0 Å². The van der Waals surface area contributed by atoms with Crippen molar-refractivity contribution in [3.05, 3.63) is 98.3 Å². The van der Waals surface area contributed by atoms with Gasteiger partial charge in [0.1, 0.15) is 11.5 Å². The second-order valence-corrected chi connectivity index (χ2v) is 5.51. The molecule has 0 aliphatic rings. The van der Waals surface area contributed by atoms with Crippen LogP contribution in [0.25, 0.3) is 17.4 Å². The van der Waals surface area contributed by atoms with E-state index in [2.05, 4.69) is 0 Å². The average molecular weight is 364 g/mol. The summed E-state index contributed by atoms with van der Waals surface area (Å²) in [6.07, 6.45) is 2.68. The Morgan fingerprint density at radius 3 is 2.26 bits per heavy atom. The minimum Gasteiger partial charge on any atom is -0.457 e. The fourth-order valence-electron chi connectivity index (χ4n) is 2.40. The van der Waals surface area contributed by atoms with E-state index >= 15 is 0 Å². The highest BCUT2D eigenvalue weighted by Crippen LogP contribution is 2.26. The molecule has 0 amide bonds. The molecule has 0 aliphatic carbocycles. The summed E-state index contributed by atoms with van der Waals surface area (Å²) in [5.41, 5.74) is 0.502. The summed E-state index contributed by atoms with van der Waals surface area (Å²) in [6, 6.07) is 14.7. The summed E-state index contributed by atoms with van der Waals surface area (Å²) in [4.78, 5) is 32.7. The molecular weight excluding hydrogens is 352 g/mol. The van der Waals surface area contributed by atoms with Gasteiger partial charge in [-0.2, -0.15) is 0 Å². The van der Waals surface area contributed by atoms with Crippen molar-refractivity contribution < 1.29 is 19.1 Å². The van der Waals surface area contributed by atoms with Gasteiger partial charge in [-0.25, -0.2) is 0 Å². The number of carbonyl (C=O) groups is 1. The SMILES string of the molecule is O=C(/C=C/c1ccc(-c2cccc([N+](=O)[O-])c2)o1)c1cccc([N+](=O)[O-])c1. The maximum Gasteiger partial charge on any atom is 0.270 e. The number of furan rings is 1. The van der Waals surface area contributed by atoms with Gasteiger partial charge < -0.3 is 4.42 Å². The molecule has 0 atom stereocenters. The summed E-state index contributed by atoms with van der Waals surface area (Å²) < 4.78 is 5.58. The Labute approximate surface area is 152 Å². The molecule has 0 spiro atoms. The monoisotopic (exact) mass is 364 g/mol. The number of non-ortho nitro benzene ring substituents is 2. The lowest BCUT2D eigenvalue weighted by molar-refractivity contribution is -0.385. The Kier molecular flexibility index (Phi) is 4.89. The van der Waals surface area contributed by atoms with Crippen molar-refractivity contribution in [1.29, 1.82) is 0 Å². The number of nitro groups is 2. The third-order valence-electron chi connectivity index (χ3n) is 3.71. The van der Waals surface area contributed by atoms with E-state index in [1.165, 1.54) is 48.6 Å². The van der Waals surface area contributed by atoms with Crippen molar-refractivity contribution in [2.24, 2.45) is 0 Å². The number of nitrogens with zero attached hydrogens (tertiary/aromatic N) is 2. The Morgan fingerprint density at radius 2 is 1.56 bits per heavy atom. The van der Waals surface area contributed by atoms with E-state index in [0.717, 1.165) is 0 Å². The molecule has 3 aromatic rings. The molecule has 0 aliphatic heterocycles. The molecule has 1 aromatic heterocycles. The summed E-state index contributed by atoms with van der Waals surface area (Å²) in [6.45, 7) is 0. The number of nitro benzene ring substituents is 2. The third-order valence-corrected chi connectivity index (χ3v) is 3.71. The molecule has 8 heteroatoms. The number of hydrogen-bond acceptors (Lipinski definition) is 6. The Bertz CT molecular complexity index is 1070. The highest BCUT2D eigenvalue weighted by atomic mass is 16.6. The molecule has 27 heavy (non-hydrogen) atoms. The molecular formula is C19H12N2O6. The second kappa shape index (κ2) is 7.44. The maximum atomic E-state index is 12.2. The Balaban J connectivity index is 1.78. The number of rotatable bonds is 6. The normalized spacial score (nSPS) is 10.8. The van der Waals surface area contributed by atoms with Crippen LogP contribution in [0, 0.1) is 20.2 Å². The third kappa shape index (κ3) is 4.13. The van der Waals surface area contributed by atoms with E-state index in [0.29, 0.717) is 17.1 Å². The van der Waals surface area contributed by atoms with Gasteiger partial charge in [-0.15, -0.1) is 0 Å². The summed E-state index contributed by atoms with van der Waals surface area (Å²) in [7, 11) is 0. The molecule has 0 saturated heterocycles. The number of hydrogen-bond donors (Lipinski definition) is 0. The first-order valence-electron chi connectivity index (χ1n) is 7.75. The predicted molar refractivity (Wildman–Crippen MR) is 97.3 cm³/mol. The van der Waals surface area contributed by atoms with Crippen LogP contribution < -0.4 is 0 Å². The number of allylic oxidation sites excluding steroid dienone is 1. The summed E-state index contributed by atoms with van der Waals surface area (Å²) in [5.74, 6) is 0.378. The maximum absolute atomic E-state index is 12.2. The molecule has 0 fully saturated rings. The first kappa shape index (κ1) is 17.7. The van der Waals surface area contributed by atoms with Crippen LogP contribution in [0.2, 0.25) is 0 Å². The predicted octanol–water partition coefficient (Wildman–Crippen LogP) is 4.66. The van der Waals surface area contributed by atoms with Crippen LogP contribution in [0.5, 0.6) is 0 Å². The molecule has 8 nitrogen and oxygen atoms in total. The fraction of sp³-hybridized carbons (Fsp3) is 0. The average Bonchev–Trinajstić information content (AvgIpc) is 3.15. The Morgan fingerprint density at radius 1 is 0.889 bits per heavy atom. The number of carbonyl (C=O) groups excluding carboxylic acids is 1. The van der Waals surface area contributed by atoms with Gasteiger partial charge in [-0.3, -0.25) is 25.0 Å². The van der Waals surface area contributed by atoms with Crippen molar-refractivity contribution >= 4 is 23.2 Å². The van der Waals surface area contributed by atoms with Crippen LogP contribution in [0.4, 0.5) is 11.4 Å². The van der Waals surface area contributed by atoms with Gasteiger partial charge in [-0.05, 0) is 24.3 Å².